The molecule has 1 fully saturated rings. The zero-order valence-corrected chi connectivity index (χ0v) is 16.4. The molecule has 2 aliphatic rings. The van der Waals surface area contributed by atoms with Gasteiger partial charge in [0.05, 0.1) is 4.88 Å². The van der Waals surface area contributed by atoms with Crippen molar-refractivity contribution in [2.75, 3.05) is 27.2 Å². The van der Waals surface area contributed by atoms with Crippen molar-refractivity contribution in [2.45, 2.75) is 32.4 Å². The van der Waals surface area contributed by atoms with E-state index in [1.807, 2.05) is 52.9 Å². The average Bonchev–Trinajstić information content (AvgIpc) is 3.02. The maximum Gasteiger partial charge on any atom is 0.264 e. The second-order valence-electron chi connectivity index (χ2n) is 7.88. The molecular formula is C20H25N3O2S. The Labute approximate surface area is 157 Å². The van der Waals surface area contributed by atoms with Crippen molar-refractivity contribution in [1.82, 2.24) is 14.4 Å². The second kappa shape index (κ2) is 6.67. The highest BCUT2D eigenvalue weighted by atomic mass is 32.1. The highest BCUT2D eigenvalue weighted by molar-refractivity contribution is 7.12. The number of rotatable bonds is 3. The Hall–Kier alpha value is -1.92. The van der Waals surface area contributed by atoms with Crippen LogP contribution in [0.25, 0.3) is 0 Å². The standard InChI is InChI=1S/C20H25N3O2S/c1-13-6-7-26-18(13)20(25)22-9-14-8-16(12-22)17-5-4-15(11-21(2)3)19(24)23(17)10-14/h4-7,14,16H,8-12H2,1-3H3/t14-,16+/m0/s1. The van der Waals surface area contributed by atoms with Gasteiger partial charge in [-0.3, -0.25) is 9.59 Å². The van der Waals surface area contributed by atoms with Gasteiger partial charge in [0.25, 0.3) is 11.5 Å². The minimum Gasteiger partial charge on any atom is -0.337 e. The van der Waals surface area contributed by atoms with Crippen molar-refractivity contribution >= 4 is 17.2 Å². The number of carbonyl (C=O) groups excluding carboxylic acids is 1. The predicted molar refractivity (Wildman–Crippen MR) is 104 cm³/mol. The Kier molecular flexibility index (Phi) is 4.49. The largest absolute Gasteiger partial charge is 0.337 e. The van der Waals surface area contributed by atoms with Crippen LogP contribution in [0.4, 0.5) is 0 Å². The first-order chi connectivity index (χ1) is 12.4. The molecule has 0 unspecified atom stereocenters. The van der Waals surface area contributed by atoms with E-state index < -0.39 is 0 Å². The first-order valence-corrected chi connectivity index (χ1v) is 10.0. The van der Waals surface area contributed by atoms with Crippen molar-refractivity contribution in [2.24, 2.45) is 5.92 Å². The summed E-state index contributed by atoms with van der Waals surface area (Å²) in [5.41, 5.74) is 3.13. The Balaban J connectivity index is 1.62. The van der Waals surface area contributed by atoms with Gasteiger partial charge >= 0.3 is 0 Å². The molecule has 4 rings (SSSR count). The summed E-state index contributed by atoms with van der Waals surface area (Å²) in [5.74, 6) is 0.762. The summed E-state index contributed by atoms with van der Waals surface area (Å²) in [6.07, 6.45) is 1.07. The number of piperidine rings is 1. The third-order valence-electron chi connectivity index (χ3n) is 5.51. The van der Waals surface area contributed by atoms with E-state index in [1.54, 1.807) is 0 Å². The molecule has 2 aliphatic heterocycles. The summed E-state index contributed by atoms with van der Waals surface area (Å²) < 4.78 is 1.97. The average molecular weight is 372 g/mol. The molecule has 5 nitrogen and oxygen atoms in total. The lowest BCUT2D eigenvalue weighted by molar-refractivity contribution is 0.0598. The first-order valence-electron chi connectivity index (χ1n) is 9.14. The van der Waals surface area contributed by atoms with Crippen LogP contribution in [0.15, 0.2) is 28.4 Å². The van der Waals surface area contributed by atoms with Gasteiger partial charge in [-0.1, -0.05) is 6.07 Å². The van der Waals surface area contributed by atoms with Crippen LogP contribution >= 0.6 is 11.3 Å². The lowest BCUT2D eigenvalue weighted by Crippen LogP contribution is -2.49. The molecule has 0 aliphatic carbocycles. The van der Waals surface area contributed by atoms with Gasteiger partial charge in [-0.25, -0.2) is 0 Å². The van der Waals surface area contributed by atoms with E-state index in [0.29, 0.717) is 19.0 Å². The quantitative estimate of drug-likeness (QED) is 0.833. The molecule has 1 amide bonds. The van der Waals surface area contributed by atoms with Gasteiger partial charge in [0.15, 0.2) is 0 Å². The first kappa shape index (κ1) is 17.5. The zero-order valence-electron chi connectivity index (χ0n) is 15.6. The van der Waals surface area contributed by atoms with E-state index in [2.05, 4.69) is 6.07 Å². The fourth-order valence-corrected chi connectivity index (χ4v) is 5.25. The maximum atomic E-state index is 12.9. The van der Waals surface area contributed by atoms with E-state index in [9.17, 15) is 9.59 Å². The SMILES string of the molecule is Cc1ccsc1C(=O)N1C[C@@H]2C[C@H](C1)c1ccc(CN(C)C)c(=O)n1C2. The number of aryl methyl sites for hydroxylation is 1. The molecule has 138 valence electrons. The fourth-order valence-electron chi connectivity index (χ4n) is 4.35. The Bertz CT molecular complexity index is 899. The van der Waals surface area contributed by atoms with Crippen molar-refractivity contribution < 1.29 is 4.79 Å². The van der Waals surface area contributed by atoms with Gasteiger partial charge < -0.3 is 14.4 Å². The molecule has 4 heterocycles. The highest BCUT2D eigenvalue weighted by Crippen LogP contribution is 2.36. The minimum absolute atomic E-state index is 0.139. The van der Waals surface area contributed by atoms with Crippen LogP contribution in [0, 0.1) is 12.8 Å². The number of fused-ring (bicyclic) bond motifs is 4. The smallest absolute Gasteiger partial charge is 0.264 e. The molecular weight excluding hydrogens is 346 g/mol. The van der Waals surface area contributed by atoms with Crippen LogP contribution in [0.5, 0.6) is 0 Å². The second-order valence-corrected chi connectivity index (χ2v) is 8.79. The molecule has 0 saturated carbocycles. The number of aromatic nitrogens is 1. The summed E-state index contributed by atoms with van der Waals surface area (Å²) >= 11 is 1.52. The monoisotopic (exact) mass is 371 g/mol. The Morgan fingerprint density at radius 2 is 2.04 bits per heavy atom. The number of carbonyl (C=O) groups is 1. The molecule has 6 heteroatoms. The summed E-state index contributed by atoms with van der Waals surface area (Å²) in [7, 11) is 3.96. The van der Waals surface area contributed by atoms with E-state index >= 15 is 0 Å². The number of amides is 1. The van der Waals surface area contributed by atoms with Gasteiger partial charge in [-0.15, -0.1) is 11.3 Å². The summed E-state index contributed by atoms with van der Waals surface area (Å²) in [6, 6.07) is 6.08. The van der Waals surface area contributed by atoms with Gasteiger partial charge in [0, 0.05) is 43.4 Å². The maximum absolute atomic E-state index is 12.9. The molecule has 2 bridgehead atoms. The molecule has 0 spiro atoms. The summed E-state index contributed by atoms with van der Waals surface area (Å²) in [6.45, 7) is 4.83. The van der Waals surface area contributed by atoms with Crippen LogP contribution in [0.3, 0.4) is 0 Å². The Morgan fingerprint density at radius 1 is 1.23 bits per heavy atom. The van der Waals surface area contributed by atoms with Crippen molar-refractivity contribution in [3.63, 3.8) is 0 Å². The molecule has 2 aromatic heterocycles. The molecule has 26 heavy (non-hydrogen) atoms. The molecule has 0 N–H and O–H groups in total. The lowest BCUT2D eigenvalue weighted by atomic mass is 9.83. The van der Waals surface area contributed by atoms with E-state index in [-0.39, 0.29) is 17.4 Å². The van der Waals surface area contributed by atoms with Crippen LogP contribution in [0.1, 0.15) is 38.8 Å². The van der Waals surface area contributed by atoms with Crippen LogP contribution in [0.2, 0.25) is 0 Å². The number of hydrogen-bond donors (Lipinski definition) is 0. The van der Waals surface area contributed by atoms with Gasteiger partial charge in [-0.2, -0.15) is 0 Å². The number of pyridine rings is 1. The minimum atomic E-state index is 0.139. The normalized spacial score (nSPS) is 21.8. The van der Waals surface area contributed by atoms with Gasteiger partial charge in [0.1, 0.15) is 0 Å². The number of hydrogen-bond acceptors (Lipinski definition) is 4. The van der Waals surface area contributed by atoms with Crippen LogP contribution in [-0.2, 0) is 13.1 Å². The summed E-state index contributed by atoms with van der Waals surface area (Å²) in [4.78, 5) is 30.7. The van der Waals surface area contributed by atoms with Gasteiger partial charge in [-0.05, 0) is 56.4 Å². The van der Waals surface area contributed by atoms with Crippen LogP contribution < -0.4 is 5.56 Å². The predicted octanol–water partition coefficient (Wildman–Crippen LogP) is 2.54. The molecule has 2 atom stereocenters. The van der Waals surface area contributed by atoms with Crippen LogP contribution in [-0.4, -0.2) is 47.5 Å². The Morgan fingerprint density at radius 3 is 2.73 bits per heavy atom. The van der Waals surface area contributed by atoms with Crippen molar-refractivity contribution in [3.05, 3.63) is 55.6 Å². The van der Waals surface area contributed by atoms with E-state index in [0.717, 1.165) is 41.2 Å². The third kappa shape index (κ3) is 3.01. The molecule has 0 aromatic carbocycles. The van der Waals surface area contributed by atoms with Crippen molar-refractivity contribution in [3.8, 4) is 0 Å². The number of thiophene rings is 1. The van der Waals surface area contributed by atoms with Crippen molar-refractivity contribution in [1.29, 1.82) is 0 Å². The molecule has 2 aromatic rings. The topological polar surface area (TPSA) is 45.6 Å². The molecule has 1 saturated heterocycles. The highest BCUT2D eigenvalue weighted by Gasteiger charge is 2.37. The number of nitrogens with zero attached hydrogens (tertiary/aromatic N) is 3. The van der Waals surface area contributed by atoms with Gasteiger partial charge in [0.2, 0.25) is 0 Å². The van der Waals surface area contributed by atoms with E-state index in [4.69, 9.17) is 0 Å². The van der Waals surface area contributed by atoms with E-state index in [1.165, 1.54) is 11.3 Å². The fraction of sp³-hybridized carbons (Fsp3) is 0.500. The zero-order chi connectivity index (χ0) is 18.4. The third-order valence-corrected chi connectivity index (χ3v) is 6.52. The summed E-state index contributed by atoms with van der Waals surface area (Å²) in [5, 5.41) is 1.98. The number of likely N-dealkylation sites (tertiary alicyclic amines) is 1. The lowest BCUT2D eigenvalue weighted by Gasteiger charge is -2.43. The molecule has 0 radical (unpaired) electrons.